The molecule has 0 radical (unpaired) electrons. The third-order valence-electron chi connectivity index (χ3n) is 4.36. The lowest BCUT2D eigenvalue weighted by Gasteiger charge is -2.20. The second-order valence-electron chi connectivity index (χ2n) is 6.28. The summed E-state index contributed by atoms with van der Waals surface area (Å²) in [5, 5.41) is 2.43. The predicted molar refractivity (Wildman–Crippen MR) is 73.8 cm³/mol. The fourth-order valence-corrected chi connectivity index (χ4v) is 3.45. The Labute approximate surface area is 117 Å². The molecule has 1 aliphatic carbocycles. The number of fused-ring (bicyclic) bond motifs is 1. The molecule has 1 aromatic carbocycles. The Bertz CT molecular complexity index is 555. The molecule has 1 heterocycles. The third kappa shape index (κ3) is 2.25. The largest absolute Gasteiger partial charge is 0.326 e. The van der Waals surface area contributed by atoms with E-state index in [9.17, 15) is 9.18 Å². The van der Waals surface area contributed by atoms with Crippen LogP contribution >= 0.6 is 11.6 Å². The summed E-state index contributed by atoms with van der Waals surface area (Å²) >= 11 is 6.44. The maximum Gasteiger partial charge on any atom is 0.224 e. The van der Waals surface area contributed by atoms with Crippen LogP contribution in [-0.2, 0) is 11.2 Å². The number of anilines is 1. The number of carbonyl (C=O) groups is 1. The lowest BCUT2D eigenvalue weighted by molar-refractivity contribution is -0.116. The predicted octanol–water partition coefficient (Wildman–Crippen LogP) is 4.04. The molecular weight excluding hydrogens is 265 g/mol. The van der Waals surface area contributed by atoms with Gasteiger partial charge in [0.15, 0.2) is 0 Å². The van der Waals surface area contributed by atoms with E-state index in [4.69, 9.17) is 11.6 Å². The quantitative estimate of drug-likeness (QED) is 0.815. The van der Waals surface area contributed by atoms with Crippen molar-refractivity contribution in [2.24, 2.45) is 11.3 Å². The van der Waals surface area contributed by atoms with Crippen LogP contribution in [-0.4, -0.2) is 5.91 Å². The van der Waals surface area contributed by atoms with Gasteiger partial charge in [-0.2, -0.15) is 0 Å². The molecule has 19 heavy (non-hydrogen) atoms. The van der Waals surface area contributed by atoms with Crippen LogP contribution in [0, 0.1) is 17.2 Å². The van der Waals surface area contributed by atoms with Crippen LogP contribution in [0.3, 0.4) is 0 Å². The van der Waals surface area contributed by atoms with Gasteiger partial charge in [-0.25, -0.2) is 4.39 Å². The van der Waals surface area contributed by atoms with Gasteiger partial charge in [0.2, 0.25) is 5.91 Å². The Morgan fingerprint density at radius 3 is 2.74 bits per heavy atom. The fourth-order valence-electron chi connectivity index (χ4n) is 2.86. The summed E-state index contributed by atoms with van der Waals surface area (Å²) in [6.45, 7) is 4.31. The van der Waals surface area contributed by atoms with E-state index < -0.39 is 0 Å². The first-order valence-corrected chi connectivity index (χ1v) is 7.08. The van der Waals surface area contributed by atoms with Gasteiger partial charge in [0.25, 0.3) is 0 Å². The Morgan fingerprint density at radius 1 is 1.42 bits per heavy atom. The van der Waals surface area contributed by atoms with Gasteiger partial charge in [0, 0.05) is 17.7 Å². The minimum Gasteiger partial charge on any atom is -0.326 e. The molecule has 0 bridgehead atoms. The van der Waals surface area contributed by atoms with Gasteiger partial charge in [-0.1, -0.05) is 13.8 Å². The first-order valence-electron chi connectivity index (χ1n) is 6.65. The maximum atomic E-state index is 14.2. The van der Waals surface area contributed by atoms with Crippen molar-refractivity contribution < 1.29 is 9.18 Å². The van der Waals surface area contributed by atoms with Gasteiger partial charge < -0.3 is 5.32 Å². The van der Waals surface area contributed by atoms with Crippen molar-refractivity contribution in [3.05, 3.63) is 29.1 Å². The molecule has 2 unspecified atom stereocenters. The van der Waals surface area contributed by atoms with Crippen LogP contribution in [0.15, 0.2) is 12.1 Å². The number of nitrogens with one attached hydrogen (secondary N) is 1. The summed E-state index contributed by atoms with van der Waals surface area (Å²) < 4.78 is 14.2. The molecule has 102 valence electrons. The first-order chi connectivity index (χ1) is 8.88. The zero-order valence-electron chi connectivity index (χ0n) is 11.1. The van der Waals surface area contributed by atoms with Gasteiger partial charge >= 0.3 is 0 Å². The van der Waals surface area contributed by atoms with E-state index in [-0.39, 0.29) is 22.5 Å². The summed E-state index contributed by atoms with van der Waals surface area (Å²) in [6, 6.07) is 3.24. The van der Waals surface area contributed by atoms with E-state index in [1.807, 2.05) is 6.07 Å². The standard InChI is InChI=1S/C15H17ClFNO/c1-15(2)7-10(15)14(16)9-5-8-3-4-13(19)18-12(8)6-11(9)17/h5-6,10,14H,3-4,7H2,1-2H3,(H,18,19). The number of hydrogen-bond acceptors (Lipinski definition) is 1. The SMILES string of the molecule is CC1(C)CC1C(Cl)c1cc2c(cc1F)NC(=O)CC2. The highest BCUT2D eigenvalue weighted by atomic mass is 35.5. The molecule has 1 N–H and O–H groups in total. The number of benzene rings is 1. The minimum absolute atomic E-state index is 0.0506. The van der Waals surface area contributed by atoms with Gasteiger partial charge in [-0.05, 0) is 41.9 Å². The summed E-state index contributed by atoms with van der Waals surface area (Å²) in [5.41, 5.74) is 2.37. The molecule has 1 aromatic rings. The van der Waals surface area contributed by atoms with E-state index in [0.717, 1.165) is 12.0 Å². The van der Waals surface area contributed by atoms with E-state index in [0.29, 0.717) is 30.0 Å². The summed E-state index contributed by atoms with van der Waals surface area (Å²) in [5.74, 6) is -0.0334. The van der Waals surface area contributed by atoms with Crippen LogP contribution in [0.25, 0.3) is 0 Å². The lowest BCUT2D eigenvalue weighted by atomic mass is 9.95. The number of rotatable bonds is 2. The van der Waals surface area contributed by atoms with E-state index in [1.54, 1.807) is 0 Å². The zero-order valence-corrected chi connectivity index (χ0v) is 11.9. The van der Waals surface area contributed by atoms with E-state index >= 15 is 0 Å². The number of alkyl halides is 1. The third-order valence-corrected chi connectivity index (χ3v) is 4.90. The molecule has 4 heteroatoms. The van der Waals surface area contributed by atoms with Crippen LogP contribution in [0.2, 0.25) is 0 Å². The van der Waals surface area contributed by atoms with Gasteiger partial charge in [0.05, 0.1) is 5.38 Å². The Balaban J connectivity index is 1.93. The summed E-state index contributed by atoms with van der Waals surface area (Å²) in [4.78, 5) is 11.3. The number of hydrogen-bond donors (Lipinski definition) is 1. The van der Waals surface area contributed by atoms with E-state index in [1.165, 1.54) is 6.07 Å². The lowest BCUT2D eigenvalue weighted by Crippen LogP contribution is -2.19. The smallest absolute Gasteiger partial charge is 0.224 e. The molecule has 3 rings (SSSR count). The van der Waals surface area contributed by atoms with Crippen LogP contribution in [0.4, 0.5) is 10.1 Å². The van der Waals surface area contributed by atoms with Crippen molar-refractivity contribution in [2.75, 3.05) is 5.32 Å². The van der Waals surface area contributed by atoms with Crippen molar-refractivity contribution >= 4 is 23.2 Å². The Kier molecular flexibility index (Phi) is 2.86. The van der Waals surface area contributed by atoms with Crippen molar-refractivity contribution in [1.82, 2.24) is 0 Å². The molecule has 1 fully saturated rings. The second-order valence-corrected chi connectivity index (χ2v) is 6.75. The van der Waals surface area contributed by atoms with Crippen molar-refractivity contribution in [3.8, 4) is 0 Å². The molecule has 1 aliphatic heterocycles. The Hall–Kier alpha value is -1.09. The number of carbonyl (C=O) groups excluding carboxylic acids is 1. The molecule has 2 aliphatic rings. The molecule has 1 amide bonds. The molecule has 0 aromatic heterocycles. The van der Waals surface area contributed by atoms with Crippen LogP contribution < -0.4 is 5.32 Å². The molecule has 1 saturated carbocycles. The number of aryl methyl sites for hydroxylation is 1. The number of amides is 1. The fraction of sp³-hybridized carbons (Fsp3) is 0.533. The highest BCUT2D eigenvalue weighted by molar-refractivity contribution is 6.21. The molecule has 2 atom stereocenters. The number of halogens is 2. The monoisotopic (exact) mass is 281 g/mol. The molecular formula is C15H17ClFNO. The van der Waals surface area contributed by atoms with Crippen LogP contribution in [0.5, 0.6) is 0 Å². The average Bonchev–Trinajstić information content (AvgIpc) is 2.96. The highest BCUT2D eigenvalue weighted by Gasteiger charge is 2.50. The summed E-state index contributed by atoms with van der Waals surface area (Å²) in [6.07, 6.45) is 2.15. The second kappa shape index (κ2) is 4.20. The summed E-state index contributed by atoms with van der Waals surface area (Å²) in [7, 11) is 0. The minimum atomic E-state index is -0.316. The normalized spacial score (nSPS) is 25.5. The van der Waals surface area contributed by atoms with Crippen molar-refractivity contribution in [1.29, 1.82) is 0 Å². The maximum absolute atomic E-state index is 14.2. The Morgan fingerprint density at radius 2 is 2.11 bits per heavy atom. The van der Waals surface area contributed by atoms with Crippen molar-refractivity contribution in [3.63, 3.8) is 0 Å². The van der Waals surface area contributed by atoms with Gasteiger partial charge in [0.1, 0.15) is 5.82 Å². The van der Waals surface area contributed by atoms with Crippen LogP contribution in [0.1, 0.15) is 43.2 Å². The van der Waals surface area contributed by atoms with E-state index in [2.05, 4.69) is 19.2 Å². The zero-order chi connectivity index (χ0) is 13.8. The highest BCUT2D eigenvalue weighted by Crippen LogP contribution is 2.60. The first kappa shape index (κ1) is 12.9. The topological polar surface area (TPSA) is 29.1 Å². The molecule has 0 saturated heterocycles. The molecule has 0 spiro atoms. The van der Waals surface area contributed by atoms with Gasteiger partial charge in [-0.3, -0.25) is 4.79 Å². The average molecular weight is 282 g/mol. The van der Waals surface area contributed by atoms with Crippen molar-refractivity contribution in [2.45, 2.75) is 38.5 Å². The molecule has 2 nitrogen and oxygen atoms in total. The van der Waals surface area contributed by atoms with Gasteiger partial charge in [-0.15, -0.1) is 11.6 Å².